The van der Waals surface area contributed by atoms with E-state index in [0.29, 0.717) is 6.79 Å². The highest BCUT2D eigenvalue weighted by Crippen LogP contribution is 2.32. The van der Waals surface area contributed by atoms with Gasteiger partial charge in [0.2, 0.25) is 6.79 Å². The van der Waals surface area contributed by atoms with Crippen LogP contribution in [0.3, 0.4) is 0 Å². The first kappa shape index (κ1) is 16.7. The Morgan fingerprint density at radius 1 is 1.09 bits per heavy atom. The summed E-state index contributed by atoms with van der Waals surface area (Å²) in [7, 11) is 0. The summed E-state index contributed by atoms with van der Waals surface area (Å²) >= 11 is 0. The van der Waals surface area contributed by atoms with Crippen LogP contribution in [0.2, 0.25) is 0 Å². The molecule has 0 unspecified atom stereocenters. The van der Waals surface area contributed by atoms with E-state index in [1.807, 2.05) is 6.07 Å². The number of fused-ring (bicyclic) bond motifs is 1. The summed E-state index contributed by atoms with van der Waals surface area (Å²) in [6.45, 7) is 1.86. The van der Waals surface area contributed by atoms with Gasteiger partial charge in [0.1, 0.15) is 6.10 Å². The van der Waals surface area contributed by atoms with E-state index < -0.39 is 12.2 Å². The standard InChI is InChI=1S/C18H24O4/c1-14(19)16(20)9-7-5-3-2-4-6-8-15-10-11-17-18(12-15)22-13-21-17/h10-12,14,16,19-20H,2-6,8,13H2,1H3/t14-,16+/m0/s1. The van der Waals surface area contributed by atoms with E-state index in [4.69, 9.17) is 14.6 Å². The van der Waals surface area contributed by atoms with Crippen molar-refractivity contribution < 1.29 is 19.7 Å². The monoisotopic (exact) mass is 304 g/mol. The van der Waals surface area contributed by atoms with Crippen LogP contribution in [0.15, 0.2) is 18.2 Å². The normalized spacial score (nSPS) is 15.0. The van der Waals surface area contributed by atoms with Crippen molar-refractivity contribution in [2.24, 2.45) is 0 Å². The molecule has 120 valence electrons. The summed E-state index contributed by atoms with van der Waals surface area (Å²) in [5.41, 5.74) is 1.28. The molecular weight excluding hydrogens is 280 g/mol. The van der Waals surface area contributed by atoms with Crippen molar-refractivity contribution in [3.63, 3.8) is 0 Å². The van der Waals surface area contributed by atoms with Gasteiger partial charge >= 0.3 is 0 Å². The third-order valence-electron chi connectivity index (χ3n) is 3.66. The number of aliphatic hydroxyl groups excluding tert-OH is 2. The van der Waals surface area contributed by atoms with Gasteiger partial charge in [-0.2, -0.15) is 0 Å². The Morgan fingerprint density at radius 2 is 1.86 bits per heavy atom. The molecule has 1 aromatic carbocycles. The van der Waals surface area contributed by atoms with E-state index in [1.165, 1.54) is 12.5 Å². The third-order valence-corrected chi connectivity index (χ3v) is 3.66. The zero-order chi connectivity index (χ0) is 15.8. The fourth-order valence-corrected chi connectivity index (χ4v) is 2.29. The molecule has 2 N–H and O–H groups in total. The van der Waals surface area contributed by atoms with Gasteiger partial charge < -0.3 is 19.7 Å². The van der Waals surface area contributed by atoms with Crippen LogP contribution >= 0.6 is 0 Å². The van der Waals surface area contributed by atoms with E-state index in [1.54, 1.807) is 0 Å². The molecule has 4 nitrogen and oxygen atoms in total. The zero-order valence-electron chi connectivity index (χ0n) is 13.0. The Labute approximate surface area is 132 Å². The van der Waals surface area contributed by atoms with Crippen LogP contribution in [0, 0.1) is 11.8 Å². The van der Waals surface area contributed by atoms with E-state index in [0.717, 1.165) is 50.0 Å². The van der Waals surface area contributed by atoms with Gasteiger partial charge in [-0.1, -0.05) is 24.8 Å². The number of benzene rings is 1. The number of hydrogen-bond donors (Lipinski definition) is 2. The van der Waals surface area contributed by atoms with Crippen LogP contribution in [-0.4, -0.2) is 29.2 Å². The molecule has 4 heteroatoms. The lowest BCUT2D eigenvalue weighted by atomic mass is 10.0. The zero-order valence-corrected chi connectivity index (χ0v) is 13.0. The molecule has 0 fully saturated rings. The summed E-state index contributed by atoms with van der Waals surface area (Å²) in [6.07, 6.45) is 4.57. The second-order valence-corrected chi connectivity index (χ2v) is 5.61. The lowest BCUT2D eigenvalue weighted by Crippen LogP contribution is -2.19. The van der Waals surface area contributed by atoms with Crippen molar-refractivity contribution in [2.45, 2.75) is 57.7 Å². The maximum absolute atomic E-state index is 9.32. The number of aliphatic hydroxyl groups is 2. The topological polar surface area (TPSA) is 58.9 Å². The first-order valence-corrected chi connectivity index (χ1v) is 7.90. The molecular formula is C18H24O4. The Bertz CT molecular complexity index is 528. The molecule has 1 heterocycles. The summed E-state index contributed by atoms with van der Waals surface area (Å²) in [6, 6.07) is 6.13. The average Bonchev–Trinajstić information content (AvgIpc) is 2.97. The Balaban J connectivity index is 1.56. The second-order valence-electron chi connectivity index (χ2n) is 5.61. The molecule has 1 aliphatic heterocycles. The predicted molar refractivity (Wildman–Crippen MR) is 84.8 cm³/mol. The molecule has 0 saturated carbocycles. The lowest BCUT2D eigenvalue weighted by molar-refractivity contribution is 0.0677. The molecule has 0 aliphatic carbocycles. The van der Waals surface area contributed by atoms with Crippen molar-refractivity contribution >= 4 is 0 Å². The third kappa shape index (κ3) is 5.25. The number of aryl methyl sites for hydroxylation is 1. The smallest absolute Gasteiger partial charge is 0.231 e. The fourth-order valence-electron chi connectivity index (χ4n) is 2.29. The van der Waals surface area contributed by atoms with Crippen LogP contribution in [0.1, 0.15) is 44.6 Å². The van der Waals surface area contributed by atoms with Crippen LogP contribution in [-0.2, 0) is 6.42 Å². The highest BCUT2D eigenvalue weighted by Gasteiger charge is 2.12. The minimum Gasteiger partial charge on any atom is -0.454 e. The quantitative estimate of drug-likeness (QED) is 0.600. The minimum absolute atomic E-state index is 0.323. The van der Waals surface area contributed by atoms with Crippen molar-refractivity contribution in [3.05, 3.63) is 23.8 Å². The van der Waals surface area contributed by atoms with E-state index in [-0.39, 0.29) is 0 Å². The first-order chi connectivity index (χ1) is 10.7. The van der Waals surface area contributed by atoms with Gasteiger partial charge in [-0.25, -0.2) is 0 Å². The van der Waals surface area contributed by atoms with Gasteiger partial charge in [0.15, 0.2) is 11.5 Å². The minimum atomic E-state index is -0.925. The van der Waals surface area contributed by atoms with Crippen molar-refractivity contribution in [1.29, 1.82) is 0 Å². The number of ether oxygens (including phenoxy) is 2. The van der Waals surface area contributed by atoms with Gasteiger partial charge in [0.25, 0.3) is 0 Å². The fraction of sp³-hybridized carbons (Fsp3) is 0.556. The Morgan fingerprint density at radius 3 is 2.68 bits per heavy atom. The van der Waals surface area contributed by atoms with Gasteiger partial charge in [-0.3, -0.25) is 0 Å². The number of hydrogen-bond acceptors (Lipinski definition) is 4. The molecule has 0 radical (unpaired) electrons. The predicted octanol–water partition coefficient (Wildman–Crippen LogP) is 2.65. The molecule has 0 saturated heterocycles. The summed E-state index contributed by atoms with van der Waals surface area (Å²) in [5.74, 6) is 7.25. The summed E-state index contributed by atoms with van der Waals surface area (Å²) < 4.78 is 10.7. The van der Waals surface area contributed by atoms with Crippen molar-refractivity contribution in [2.75, 3.05) is 6.79 Å². The van der Waals surface area contributed by atoms with Crippen molar-refractivity contribution in [1.82, 2.24) is 0 Å². The molecule has 0 aromatic heterocycles. The highest BCUT2D eigenvalue weighted by atomic mass is 16.7. The molecule has 0 spiro atoms. The van der Waals surface area contributed by atoms with E-state index in [9.17, 15) is 5.11 Å². The SMILES string of the molecule is C[C@H](O)[C@H](O)C#CCCCCCCc1ccc2c(c1)OCO2. The van der Waals surface area contributed by atoms with Crippen LogP contribution in [0.5, 0.6) is 11.5 Å². The van der Waals surface area contributed by atoms with Crippen LogP contribution in [0.25, 0.3) is 0 Å². The van der Waals surface area contributed by atoms with E-state index in [2.05, 4.69) is 24.0 Å². The summed E-state index contributed by atoms with van der Waals surface area (Å²) in [5, 5.41) is 18.4. The second kappa shape index (κ2) is 8.67. The van der Waals surface area contributed by atoms with E-state index >= 15 is 0 Å². The Hall–Kier alpha value is -1.70. The average molecular weight is 304 g/mol. The maximum Gasteiger partial charge on any atom is 0.231 e. The van der Waals surface area contributed by atoms with Gasteiger partial charge in [0, 0.05) is 6.42 Å². The van der Waals surface area contributed by atoms with Gasteiger partial charge in [0.05, 0.1) is 6.10 Å². The van der Waals surface area contributed by atoms with Gasteiger partial charge in [-0.05, 0) is 43.9 Å². The molecule has 0 amide bonds. The van der Waals surface area contributed by atoms with Crippen molar-refractivity contribution in [3.8, 4) is 23.3 Å². The highest BCUT2D eigenvalue weighted by molar-refractivity contribution is 5.44. The molecule has 2 rings (SSSR count). The Kier molecular flexibility index (Phi) is 6.57. The van der Waals surface area contributed by atoms with Crippen LogP contribution in [0.4, 0.5) is 0 Å². The lowest BCUT2D eigenvalue weighted by Gasteiger charge is -2.04. The molecule has 22 heavy (non-hydrogen) atoms. The van der Waals surface area contributed by atoms with Crippen LogP contribution < -0.4 is 9.47 Å². The number of unbranched alkanes of at least 4 members (excludes halogenated alkanes) is 4. The molecule has 1 aromatic rings. The molecule has 2 atom stereocenters. The largest absolute Gasteiger partial charge is 0.454 e. The summed E-state index contributed by atoms with van der Waals surface area (Å²) in [4.78, 5) is 0. The molecule has 1 aliphatic rings. The first-order valence-electron chi connectivity index (χ1n) is 7.90. The maximum atomic E-state index is 9.32. The number of rotatable bonds is 7. The van der Waals surface area contributed by atoms with Gasteiger partial charge in [-0.15, -0.1) is 5.92 Å². The molecule has 0 bridgehead atoms.